The van der Waals surface area contributed by atoms with Gasteiger partial charge in [0, 0.05) is 19.2 Å². The van der Waals surface area contributed by atoms with Crippen molar-refractivity contribution in [3.8, 4) is 5.69 Å². The molecule has 0 radical (unpaired) electrons. The number of anilines is 1. The molecule has 0 saturated heterocycles. The molecule has 124 valence electrons. The second-order valence-corrected chi connectivity index (χ2v) is 6.36. The summed E-state index contributed by atoms with van der Waals surface area (Å²) in [5, 5.41) is 19.0. The van der Waals surface area contributed by atoms with E-state index in [0.717, 1.165) is 11.3 Å². The van der Waals surface area contributed by atoms with E-state index >= 15 is 0 Å². The van der Waals surface area contributed by atoms with Crippen LogP contribution in [0.25, 0.3) is 5.69 Å². The standard InChI is InChI=1S/C17H24N4O2/c1-13-6-4-5-7-14(13)21-15(8-10-19-21)20-16(23)18-12-17(2,3)9-11-22/h4-8,10,22H,9,11-12H2,1-3H3,(H2,18,20,23). The fraction of sp³-hybridized carbons (Fsp3) is 0.412. The predicted octanol–water partition coefficient (Wildman–Crippen LogP) is 2.71. The Kier molecular flexibility index (Phi) is 5.39. The van der Waals surface area contributed by atoms with Gasteiger partial charge >= 0.3 is 6.03 Å². The monoisotopic (exact) mass is 316 g/mol. The number of aliphatic hydroxyl groups excluding tert-OH is 1. The number of hydrogen-bond donors (Lipinski definition) is 3. The maximum Gasteiger partial charge on any atom is 0.320 e. The number of nitrogens with zero attached hydrogens (tertiary/aromatic N) is 2. The number of amides is 2. The van der Waals surface area contributed by atoms with Crippen molar-refractivity contribution in [1.29, 1.82) is 0 Å². The number of urea groups is 1. The molecule has 6 nitrogen and oxygen atoms in total. The molecule has 1 aromatic carbocycles. The maximum absolute atomic E-state index is 12.1. The van der Waals surface area contributed by atoms with E-state index in [0.29, 0.717) is 18.8 Å². The quantitative estimate of drug-likeness (QED) is 0.766. The van der Waals surface area contributed by atoms with Gasteiger partial charge < -0.3 is 10.4 Å². The number of para-hydroxylation sites is 1. The first-order valence-corrected chi connectivity index (χ1v) is 7.69. The first-order valence-electron chi connectivity index (χ1n) is 7.69. The number of aryl methyl sites for hydroxylation is 1. The summed E-state index contributed by atoms with van der Waals surface area (Å²) in [6.45, 7) is 6.59. The third-order valence-corrected chi connectivity index (χ3v) is 3.74. The van der Waals surface area contributed by atoms with Crippen LogP contribution in [0.4, 0.5) is 10.6 Å². The minimum absolute atomic E-state index is 0.107. The zero-order chi connectivity index (χ0) is 16.9. The van der Waals surface area contributed by atoms with E-state index in [4.69, 9.17) is 5.11 Å². The molecule has 2 rings (SSSR count). The molecular weight excluding hydrogens is 292 g/mol. The Morgan fingerprint density at radius 2 is 2.04 bits per heavy atom. The van der Waals surface area contributed by atoms with Crippen molar-refractivity contribution in [2.24, 2.45) is 5.41 Å². The summed E-state index contributed by atoms with van der Waals surface area (Å²) < 4.78 is 1.70. The number of aliphatic hydroxyl groups is 1. The Morgan fingerprint density at radius 1 is 1.30 bits per heavy atom. The van der Waals surface area contributed by atoms with Crippen LogP contribution in [0.2, 0.25) is 0 Å². The normalized spacial score (nSPS) is 11.3. The summed E-state index contributed by atoms with van der Waals surface area (Å²) in [6.07, 6.45) is 2.28. The zero-order valence-electron chi connectivity index (χ0n) is 13.8. The molecule has 2 aromatic rings. The third-order valence-electron chi connectivity index (χ3n) is 3.74. The van der Waals surface area contributed by atoms with Crippen molar-refractivity contribution in [3.63, 3.8) is 0 Å². The van der Waals surface area contributed by atoms with Gasteiger partial charge in [-0.25, -0.2) is 9.48 Å². The Morgan fingerprint density at radius 3 is 2.74 bits per heavy atom. The molecule has 0 bridgehead atoms. The lowest BCUT2D eigenvalue weighted by Crippen LogP contribution is -2.37. The number of rotatable bonds is 6. The van der Waals surface area contributed by atoms with Gasteiger partial charge in [0.15, 0.2) is 0 Å². The maximum atomic E-state index is 12.1. The summed E-state index contributed by atoms with van der Waals surface area (Å²) in [5.74, 6) is 0.608. The van der Waals surface area contributed by atoms with Crippen molar-refractivity contribution < 1.29 is 9.90 Å². The number of benzene rings is 1. The third kappa shape index (κ3) is 4.56. The van der Waals surface area contributed by atoms with Crippen molar-refractivity contribution in [1.82, 2.24) is 15.1 Å². The van der Waals surface area contributed by atoms with Crippen LogP contribution < -0.4 is 10.6 Å². The molecule has 0 spiro atoms. The van der Waals surface area contributed by atoms with Crippen LogP contribution in [0.3, 0.4) is 0 Å². The van der Waals surface area contributed by atoms with Gasteiger partial charge in [-0.15, -0.1) is 0 Å². The van der Waals surface area contributed by atoms with Gasteiger partial charge in [-0.2, -0.15) is 5.10 Å². The molecule has 0 saturated carbocycles. The molecule has 0 aliphatic carbocycles. The predicted molar refractivity (Wildman–Crippen MR) is 90.8 cm³/mol. The minimum atomic E-state index is -0.286. The summed E-state index contributed by atoms with van der Waals surface area (Å²) in [7, 11) is 0. The van der Waals surface area contributed by atoms with E-state index in [2.05, 4.69) is 15.7 Å². The fourth-order valence-electron chi connectivity index (χ4n) is 2.26. The average molecular weight is 316 g/mol. The first kappa shape index (κ1) is 17.0. The van der Waals surface area contributed by atoms with Crippen molar-refractivity contribution in [2.75, 3.05) is 18.5 Å². The molecule has 0 atom stereocenters. The van der Waals surface area contributed by atoms with E-state index in [1.54, 1.807) is 16.9 Å². The SMILES string of the molecule is Cc1ccccc1-n1nccc1NC(=O)NCC(C)(C)CCO. The van der Waals surface area contributed by atoms with Gasteiger partial charge in [-0.3, -0.25) is 5.32 Å². The van der Waals surface area contributed by atoms with Crippen LogP contribution in [-0.2, 0) is 0 Å². The topological polar surface area (TPSA) is 79.2 Å². The highest BCUT2D eigenvalue weighted by Crippen LogP contribution is 2.19. The largest absolute Gasteiger partial charge is 0.396 e. The van der Waals surface area contributed by atoms with Crippen LogP contribution in [-0.4, -0.2) is 34.1 Å². The van der Waals surface area contributed by atoms with E-state index in [1.807, 2.05) is 45.0 Å². The highest BCUT2D eigenvalue weighted by atomic mass is 16.3. The molecule has 23 heavy (non-hydrogen) atoms. The summed E-state index contributed by atoms with van der Waals surface area (Å²) in [5.41, 5.74) is 1.85. The van der Waals surface area contributed by atoms with Gasteiger partial charge in [-0.05, 0) is 30.4 Å². The molecule has 1 aromatic heterocycles. The minimum Gasteiger partial charge on any atom is -0.396 e. The van der Waals surface area contributed by atoms with Gasteiger partial charge in [0.2, 0.25) is 0 Å². The smallest absolute Gasteiger partial charge is 0.320 e. The Hall–Kier alpha value is -2.34. The second kappa shape index (κ2) is 7.28. The number of carbonyl (C=O) groups excluding carboxylic acids is 1. The van der Waals surface area contributed by atoms with Crippen molar-refractivity contribution in [3.05, 3.63) is 42.1 Å². The van der Waals surface area contributed by atoms with Crippen LogP contribution in [0, 0.1) is 12.3 Å². The zero-order valence-corrected chi connectivity index (χ0v) is 13.8. The van der Waals surface area contributed by atoms with E-state index in [9.17, 15) is 4.79 Å². The lowest BCUT2D eigenvalue weighted by Gasteiger charge is -2.23. The van der Waals surface area contributed by atoms with Crippen molar-refractivity contribution in [2.45, 2.75) is 27.2 Å². The van der Waals surface area contributed by atoms with Gasteiger partial charge in [0.25, 0.3) is 0 Å². The van der Waals surface area contributed by atoms with E-state index < -0.39 is 0 Å². The Bertz CT molecular complexity index is 664. The lowest BCUT2D eigenvalue weighted by molar-refractivity contribution is 0.204. The lowest BCUT2D eigenvalue weighted by atomic mass is 9.90. The van der Waals surface area contributed by atoms with Crippen molar-refractivity contribution >= 4 is 11.8 Å². The molecular formula is C17H24N4O2. The second-order valence-electron chi connectivity index (χ2n) is 6.36. The number of nitrogens with one attached hydrogen (secondary N) is 2. The molecule has 0 fully saturated rings. The molecule has 0 unspecified atom stereocenters. The molecule has 2 amide bonds. The van der Waals surface area contributed by atoms with Gasteiger partial charge in [0.1, 0.15) is 5.82 Å². The Labute approximate surface area is 136 Å². The summed E-state index contributed by atoms with van der Waals surface area (Å²) in [6, 6.07) is 9.32. The van der Waals surface area contributed by atoms with Crippen LogP contribution in [0.1, 0.15) is 25.8 Å². The van der Waals surface area contributed by atoms with Gasteiger partial charge in [-0.1, -0.05) is 32.0 Å². The number of aromatic nitrogens is 2. The molecule has 6 heteroatoms. The Balaban J connectivity index is 2.03. The van der Waals surface area contributed by atoms with Crippen LogP contribution in [0.5, 0.6) is 0 Å². The average Bonchev–Trinajstić information content (AvgIpc) is 2.94. The number of carbonyl (C=O) groups is 1. The summed E-state index contributed by atoms with van der Waals surface area (Å²) in [4.78, 5) is 12.1. The summed E-state index contributed by atoms with van der Waals surface area (Å²) >= 11 is 0. The highest BCUT2D eigenvalue weighted by molar-refractivity contribution is 5.88. The molecule has 3 N–H and O–H groups in total. The molecule has 0 aliphatic rings. The first-order chi connectivity index (χ1) is 10.9. The molecule has 0 aliphatic heterocycles. The van der Waals surface area contributed by atoms with E-state index in [-0.39, 0.29) is 18.1 Å². The van der Waals surface area contributed by atoms with Crippen LogP contribution >= 0.6 is 0 Å². The van der Waals surface area contributed by atoms with E-state index in [1.165, 1.54) is 0 Å². The van der Waals surface area contributed by atoms with Gasteiger partial charge in [0.05, 0.1) is 11.9 Å². The molecule has 1 heterocycles. The fourth-order valence-corrected chi connectivity index (χ4v) is 2.26. The number of hydrogen-bond acceptors (Lipinski definition) is 3. The highest BCUT2D eigenvalue weighted by Gasteiger charge is 2.18. The van der Waals surface area contributed by atoms with Crippen LogP contribution in [0.15, 0.2) is 36.5 Å².